The SMILES string of the molecule is CC(C)[C@@H](NC(=O)OCC1c2ccccc2-c2ccccc21)C(=O)Nc1cc(F)ccc1C(=O)O. The number of hydrogen-bond acceptors (Lipinski definition) is 4. The number of rotatable bonds is 7. The van der Waals surface area contributed by atoms with Crippen molar-refractivity contribution >= 4 is 23.7 Å². The monoisotopic (exact) mass is 476 g/mol. The van der Waals surface area contributed by atoms with Gasteiger partial charge in [-0.1, -0.05) is 62.4 Å². The van der Waals surface area contributed by atoms with Crippen molar-refractivity contribution < 1.29 is 28.6 Å². The maximum atomic E-state index is 13.7. The molecule has 3 aromatic carbocycles. The van der Waals surface area contributed by atoms with Crippen LogP contribution in [0.25, 0.3) is 11.1 Å². The number of alkyl carbamates (subject to hydrolysis) is 1. The maximum absolute atomic E-state index is 13.7. The highest BCUT2D eigenvalue weighted by Gasteiger charge is 2.30. The molecule has 0 radical (unpaired) electrons. The van der Waals surface area contributed by atoms with Crippen molar-refractivity contribution in [2.45, 2.75) is 25.8 Å². The number of aromatic carboxylic acids is 1. The summed E-state index contributed by atoms with van der Waals surface area (Å²) in [6.45, 7) is 3.52. The predicted octanol–water partition coefficient (Wildman–Crippen LogP) is 5.03. The lowest BCUT2D eigenvalue weighted by Gasteiger charge is -2.22. The molecular weight excluding hydrogens is 451 g/mol. The van der Waals surface area contributed by atoms with Gasteiger partial charge in [-0.25, -0.2) is 14.0 Å². The molecule has 0 unspecified atom stereocenters. The zero-order valence-corrected chi connectivity index (χ0v) is 19.2. The van der Waals surface area contributed by atoms with Crippen LogP contribution in [0, 0.1) is 11.7 Å². The molecule has 0 spiro atoms. The predicted molar refractivity (Wildman–Crippen MR) is 129 cm³/mol. The normalized spacial score (nSPS) is 13.0. The Labute approximate surface area is 201 Å². The fourth-order valence-electron chi connectivity index (χ4n) is 4.32. The van der Waals surface area contributed by atoms with Gasteiger partial charge in [-0.2, -0.15) is 0 Å². The summed E-state index contributed by atoms with van der Waals surface area (Å²) in [6, 6.07) is 17.8. The molecule has 0 fully saturated rings. The van der Waals surface area contributed by atoms with E-state index in [2.05, 4.69) is 10.6 Å². The van der Waals surface area contributed by atoms with E-state index in [0.29, 0.717) is 0 Å². The highest BCUT2D eigenvalue weighted by atomic mass is 19.1. The highest BCUT2D eigenvalue weighted by Crippen LogP contribution is 2.44. The maximum Gasteiger partial charge on any atom is 0.407 e. The van der Waals surface area contributed by atoms with Crippen LogP contribution in [-0.4, -0.2) is 35.7 Å². The van der Waals surface area contributed by atoms with E-state index in [9.17, 15) is 23.9 Å². The Balaban J connectivity index is 1.45. The third-order valence-corrected chi connectivity index (χ3v) is 6.04. The van der Waals surface area contributed by atoms with E-state index in [4.69, 9.17) is 4.74 Å². The molecule has 7 nitrogen and oxygen atoms in total. The number of carbonyl (C=O) groups is 3. The number of carboxylic acid groups (broad SMARTS) is 1. The summed E-state index contributed by atoms with van der Waals surface area (Å²) in [5, 5.41) is 14.3. The van der Waals surface area contributed by atoms with Crippen LogP contribution in [-0.2, 0) is 9.53 Å². The Morgan fingerprint density at radius 1 is 0.971 bits per heavy atom. The molecular formula is C27H25FN2O5. The van der Waals surface area contributed by atoms with E-state index < -0.39 is 29.8 Å². The lowest BCUT2D eigenvalue weighted by Crippen LogP contribution is -2.47. The molecule has 0 bridgehead atoms. The van der Waals surface area contributed by atoms with Gasteiger partial charge in [0.1, 0.15) is 18.5 Å². The molecule has 0 aliphatic heterocycles. The van der Waals surface area contributed by atoms with Crippen LogP contribution in [0.1, 0.15) is 41.3 Å². The minimum absolute atomic E-state index is 0.0827. The zero-order chi connectivity index (χ0) is 25.1. The van der Waals surface area contributed by atoms with E-state index in [1.807, 2.05) is 48.5 Å². The highest BCUT2D eigenvalue weighted by molar-refractivity contribution is 6.03. The Kier molecular flexibility index (Phi) is 6.82. The number of carbonyl (C=O) groups excluding carboxylic acids is 2. The van der Waals surface area contributed by atoms with Crippen LogP contribution in [0.15, 0.2) is 66.7 Å². The molecule has 0 aromatic heterocycles. The summed E-state index contributed by atoms with van der Waals surface area (Å²) in [4.78, 5) is 36.9. The van der Waals surface area contributed by atoms with Gasteiger partial charge in [-0.3, -0.25) is 4.79 Å². The minimum atomic E-state index is -1.31. The van der Waals surface area contributed by atoms with Crippen molar-refractivity contribution in [3.8, 4) is 11.1 Å². The lowest BCUT2D eigenvalue weighted by atomic mass is 9.98. The molecule has 1 aliphatic carbocycles. The van der Waals surface area contributed by atoms with Gasteiger partial charge in [0.2, 0.25) is 5.91 Å². The average Bonchev–Trinajstić information content (AvgIpc) is 3.14. The third-order valence-electron chi connectivity index (χ3n) is 6.04. The van der Waals surface area contributed by atoms with Crippen LogP contribution in [0.2, 0.25) is 0 Å². The molecule has 0 heterocycles. The molecule has 180 valence electrons. The van der Waals surface area contributed by atoms with Gasteiger partial charge < -0.3 is 20.5 Å². The van der Waals surface area contributed by atoms with Crippen molar-refractivity contribution in [2.75, 3.05) is 11.9 Å². The number of nitrogens with one attached hydrogen (secondary N) is 2. The fraction of sp³-hybridized carbons (Fsp3) is 0.222. The van der Waals surface area contributed by atoms with Crippen LogP contribution >= 0.6 is 0 Å². The van der Waals surface area contributed by atoms with E-state index in [-0.39, 0.29) is 29.7 Å². The van der Waals surface area contributed by atoms with Crippen molar-refractivity contribution in [3.05, 3.63) is 89.2 Å². The van der Waals surface area contributed by atoms with E-state index in [0.717, 1.165) is 40.5 Å². The first-order valence-electron chi connectivity index (χ1n) is 11.2. The molecule has 3 aromatic rings. The minimum Gasteiger partial charge on any atom is -0.478 e. The number of amides is 2. The number of fused-ring (bicyclic) bond motifs is 3. The molecule has 1 aliphatic rings. The summed E-state index contributed by atoms with van der Waals surface area (Å²) >= 11 is 0. The Hall–Kier alpha value is -4.20. The summed E-state index contributed by atoms with van der Waals surface area (Å²) in [5.41, 5.74) is 3.87. The molecule has 8 heteroatoms. The lowest BCUT2D eigenvalue weighted by molar-refractivity contribution is -0.119. The molecule has 1 atom stereocenters. The molecule has 35 heavy (non-hydrogen) atoms. The quantitative estimate of drug-likeness (QED) is 0.444. The number of benzene rings is 3. The number of halogens is 1. The molecule has 3 N–H and O–H groups in total. The summed E-state index contributed by atoms with van der Waals surface area (Å²) < 4.78 is 19.2. The summed E-state index contributed by atoms with van der Waals surface area (Å²) in [5.74, 6) is -3.18. The third kappa shape index (κ3) is 5.01. The van der Waals surface area contributed by atoms with Crippen molar-refractivity contribution in [1.29, 1.82) is 0 Å². The van der Waals surface area contributed by atoms with Crippen LogP contribution in [0.5, 0.6) is 0 Å². The van der Waals surface area contributed by atoms with Crippen LogP contribution in [0.3, 0.4) is 0 Å². The van der Waals surface area contributed by atoms with Crippen molar-refractivity contribution in [2.24, 2.45) is 5.92 Å². The first kappa shape index (κ1) is 23.9. The first-order chi connectivity index (χ1) is 16.8. The van der Waals surface area contributed by atoms with Crippen LogP contribution in [0.4, 0.5) is 14.9 Å². The van der Waals surface area contributed by atoms with Gasteiger partial charge in [-0.15, -0.1) is 0 Å². The van der Waals surface area contributed by atoms with Gasteiger partial charge in [0.15, 0.2) is 0 Å². The molecule has 2 amide bonds. The van der Waals surface area contributed by atoms with Gasteiger partial charge >= 0.3 is 12.1 Å². The average molecular weight is 477 g/mol. The molecule has 0 saturated heterocycles. The van der Waals surface area contributed by atoms with Gasteiger partial charge in [0.05, 0.1) is 11.3 Å². The summed E-state index contributed by atoms with van der Waals surface area (Å²) in [7, 11) is 0. The second-order valence-corrected chi connectivity index (χ2v) is 8.68. The number of anilines is 1. The van der Waals surface area contributed by atoms with Gasteiger partial charge in [-0.05, 0) is 46.4 Å². The second kappa shape index (κ2) is 9.97. The van der Waals surface area contributed by atoms with Gasteiger partial charge in [0, 0.05) is 5.92 Å². The Bertz CT molecular complexity index is 1240. The van der Waals surface area contributed by atoms with Crippen LogP contribution < -0.4 is 10.6 Å². The zero-order valence-electron chi connectivity index (χ0n) is 19.2. The van der Waals surface area contributed by atoms with Crippen molar-refractivity contribution in [1.82, 2.24) is 5.32 Å². The molecule has 4 rings (SSSR count). The fourth-order valence-corrected chi connectivity index (χ4v) is 4.32. The molecule has 0 saturated carbocycles. The Morgan fingerprint density at radius 3 is 2.14 bits per heavy atom. The van der Waals surface area contributed by atoms with E-state index in [1.54, 1.807) is 13.8 Å². The first-order valence-corrected chi connectivity index (χ1v) is 11.2. The van der Waals surface area contributed by atoms with E-state index in [1.165, 1.54) is 0 Å². The topological polar surface area (TPSA) is 105 Å². The number of hydrogen-bond donors (Lipinski definition) is 3. The number of ether oxygens (including phenoxy) is 1. The largest absolute Gasteiger partial charge is 0.478 e. The second-order valence-electron chi connectivity index (χ2n) is 8.68. The van der Waals surface area contributed by atoms with E-state index >= 15 is 0 Å². The van der Waals surface area contributed by atoms with Gasteiger partial charge in [0.25, 0.3) is 0 Å². The van der Waals surface area contributed by atoms with Crippen molar-refractivity contribution in [3.63, 3.8) is 0 Å². The standard InChI is InChI=1S/C27H25FN2O5/c1-15(2)24(25(31)29-23-13-16(28)11-12-21(23)26(32)33)30-27(34)35-14-22-19-9-5-3-7-17(19)18-8-4-6-10-20(18)22/h3-13,15,22,24H,14H2,1-2H3,(H,29,31)(H,30,34)(H,32,33)/t24-/m1/s1. The number of carboxylic acids is 1. The summed E-state index contributed by atoms with van der Waals surface area (Å²) in [6.07, 6.45) is -0.779. The smallest absolute Gasteiger partial charge is 0.407 e. The Morgan fingerprint density at radius 2 is 1.57 bits per heavy atom.